The first-order chi connectivity index (χ1) is 14.9. The van der Waals surface area contributed by atoms with E-state index in [1.807, 2.05) is 40.4 Å². The van der Waals surface area contributed by atoms with E-state index in [0.29, 0.717) is 23.0 Å². The minimum absolute atomic E-state index is 0.0320. The maximum Gasteiger partial charge on any atom is 0.274 e. The first kappa shape index (κ1) is 20.5. The molecule has 0 bridgehead atoms. The first-order valence-corrected chi connectivity index (χ1v) is 10.4. The van der Waals surface area contributed by atoms with Crippen LogP contribution in [-0.4, -0.2) is 40.9 Å². The number of hydrogen-bond donors (Lipinski definition) is 1. The van der Waals surface area contributed by atoms with Crippen molar-refractivity contribution < 1.29 is 9.72 Å². The molecule has 0 saturated carbocycles. The lowest BCUT2D eigenvalue weighted by Crippen LogP contribution is -2.15. The zero-order valence-corrected chi connectivity index (χ0v) is 17.7. The monoisotopic (exact) mass is 437 g/mol. The van der Waals surface area contributed by atoms with Crippen LogP contribution in [0.3, 0.4) is 0 Å². The van der Waals surface area contributed by atoms with E-state index in [4.69, 9.17) is 0 Å². The molecule has 0 atom stereocenters. The van der Waals surface area contributed by atoms with Crippen molar-refractivity contribution in [2.24, 2.45) is 7.05 Å². The number of anilines is 1. The van der Waals surface area contributed by atoms with Crippen molar-refractivity contribution in [1.29, 1.82) is 0 Å². The number of nitro benzene ring substituents is 1. The predicted octanol–water partition coefficient (Wildman–Crippen LogP) is 3.16. The zero-order valence-electron chi connectivity index (χ0n) is 16.8. The summed E-state index contributed by atoms with van der Waals surface area (Å²) in [5.74, 6) is 0.551. The van der Waals surface area contributed by atoms with E-state index in [0.717, 1.165) is 16.9 Å². The van der Waals surface area contributed by atoms with E-state index >= 15 is 0 Å². The fourth-order valence-electron chi connectivity index (χ4n) is 3.11. The number of nitrogens with one attached hydrogen (secondary N) is 1. The Bertz CT molecular complexity index is 1280. The normalized spacial score (nSPS) is 11.0. The van der Waals surface area contributed by atoms with Gasteiger partial charge in [0, 0.05) is 24.4 Å². The van der Waals surface area contributed by atoms with Gasteiger partial charge in [0.1, 0.15) is 0 Å². The second-order valence-corrected chi connectivity index (χ2v) is 7.86. The molecule has 1 N–H and O–H groups in total. The highest BCUT2D eigenvalue weighted by Crippen LogP contribution is 2.23. The Morgan fingerprint density at radius 2 is 2.03 bits per heavy atom. The van der Waals surface area contributed by atoms with Crippen LogP contribution in [0.15, 0.2) is 53.9 Å². The fourth-order valence-corrected chi connectivity index (χ4v) is 3.84. The van der Waals surface area contributed by atoms with Gasteiger partial charge in [-0.2, -0.15) is 0 Å². The summed E-state index contributed by atoms with van der Waals surface area (Å²) in [6.45, 7) is 2.15. The van der Waals surface area contributed by atoms with Crippen LogP contribution in [0.1, 0.15) is 11.4 Å². The van der Waals surface area contributed by atoms with E-state index in [1.54, 1.807) is 25.4 Å². The van der Waals surface area contributed by atoms with Gasteiger partial charge >= 0.3 is 0 Å². The van der Waals surface area contributed by atoms with E-state index in [-0.39, 0.29) is 17.3 Å². The summed E-state index contributed by atoms with van der Waals surface area (Å²) in [6, 6.07) is 12.4. The molecule has 0 aliphatic heterocycles. The number of nitro groups is 1. The Kier molecular flexibility index (Phi) is 5.67. The van der Waals surface area contributed by atoms with E-state index in [9.17, 15) is 14.9 Å². The molecule has 0 spiro atoms. The Morgan fingerprint density at radius 3 is 2.84 bits per heavy atom. The number of nitrogens with zero attached hydrogens (tertiary/aromatic N) is 6. The number of thioether (sulfide) groups is 1. The maximum atomic E-state index is 12.3. The van der Waals surface area contributed by atoms with Gasteiger partial charge in [0.05, 0.1) is 34.6 Å². The van der Waals surface area contributed by atoms with Gasteiger partial charge in [0.15, 0.2) is 11.0 Å². The van der Waals surface area contributed by atoms with Crippen molar-refractivity contribution in [2.45, 2.75) is 18.6 Å². The molecular formula is C20H19N7O3S. The number of carbonyl (C=O) groups excluding carboxylic acids is 1. The number of amides is 1. The predicted molar refractivity (Wildman–Crippen MR) is 117 cm³/mol. The van der Waals surface area contributed by atoms with E-state index in [1.165, 1.54) is 17.8 Å². The average Bonchev–Trinajstić information content (AvgIpc) is 3.32. The topological polar surface area (TPSA) is 121 Å². The minimum Gasteiger partial charge on any atom is -0.325 e. The number of hydrogen-bond acceptors (Lipinski definition) is 7. The second kappa shape index (κ2) is 8.56. The molecule has 0 saturated heterocycles. The van der Waals surface area contributed by atoms with Crippen LogP contribution < -0.4 is 5.32 Å². The maximum absolute atomic E-state index is 12.3. The van der Waals surface area contributed by atoms with Gasteiger partial charge in [-0.1, -0.05) is 30.0 Å². The number of rotatable bonds is 7. The largest absolute Gasteiger partial charge is 0.325 e. The van der Waals surface area contributed by atoms with Crippen LogP contribution in [-0.2, 0) is 18.4 Å². The number of benzene rings is 2. The number of para-hydroxylation sites is 2. The van der Waals surface area contributed by atoms with E-state index < -0.39 is 4.92 Å². The third-order valence-electron chi connectivity index (χ3n) is 4.79. The lowest BCUT2D eigenvalue weighted by Gasteiger charge is -2.07. The lowest BCUT2D eigenvalue weighted by atomic mass is 10.2. The molecule has 10 nitrogen and oxygen atoms in total. The molecule has 158 valence electrons. The third-order valence-corrected chi connectivity index (χ3v) is 5.81. The number of imidazole rings is 1. The molecule has 2 aromatic carbocycles. The van der Waals surface area contributed by atoms with Gasteiger partial charge in [-0.15, -0.1) is 10.2 Å². The summed E-state index contributed by atoms with van der Waals surface area (Å²) < 4.78 is 3.83. The highest BCUT2D eigenvalue weighted by Gasteiger charge is 2.15. The van der Waals surface area contributed by atoms with Crippen LogP contribution in [0.2, 0.25) is 0 Å². The SMILES string of the molecule is Cc1ccc(NC(=O)CSc2nnc(Cn3cnc4ccccc43)n2C)cc1[N+](=O)[O-]. The van der Waals surface area contributed by atoms with Crippen LogP contribution >= 0.6 is 11.8 Å². The summed E-state index contributed by atoms with van der Waals surface area (Å²) in [5.41, 5.74) is 2.80. The highest BCUT2D eigenvalue weighted by atomic mass is 32.2. The summed E-state index contributed by atoms with van der Waals surface area (Å²) in [5, 5.41) is 22.8. The molecule has 1 amide bonds. The first-order valence-electron chi connectivity index (χ1n) is 9.38. The molecule has 31 heavy (non-hydrogen) atoms. The smallest absolute Gasteiger partial charge is 0.274 e. The summed E-state index contributed by atoms with van der Waals surface area (Å²) in [7, 11) is 1.85. The standard InChI is InChI=1S/C20H19N7O3S/c1-13-7-8-14(9-17(13)27(29)30)22-19(28)11-31-20-24-23-18(25(20)2)10-26-12-21-15-5-3-4-6-16(15)26/h3-9,12H,10-11H2,1-2H3,(H,22,28). The Labute approximate surface area is 181 Å². The number of carbonyl (C=O) groups is 1. The van der Waals surface area contributed by atoms with Crippen molar-refractivity contribution in [1.82, 2.24) is 24.3 Å². The number of aryl methyl sites for hydroxylation is 1. The van der Waals surface area contributed by atoms with Crippen molar-refractivity contribution in [3.8, 4) is 0 Å². The summed E-state index contributed by atoms with van der Waals surface area (Å²) in [4.78, 5) is 27.3. The average molecular weight is 437 g/mol. The number of fused-ring (bicyclic) bond motifs is 1. The van der Waals surface area contributed by atoms with Gasteiger partial charge in [-0.25, -0.2) is 4.98 Å². The minimum atomic E-state index is -0.468. The summed E-state index contributed by atoms with van der Waals surface area (Å²) >= 11 is 1.24. The Hall–Kier alpha value is -3.73. The molecule has 0 aliphatic rings. The quantitative estimate of drug-likeness (QED) is 0.268. The zero-order chi connectivity index (χ0) is 22.0. The molecule has 2 aromatic heterocycles. The molecule has 2 heterocycles. The van der Waals surface area contributed by atoms with Gasteiger partial charge in [0.2, 0.25) is 5.91 Å². The lowest BCUT2D eigenvalue weighted by molar-refractivity contribution is -0.385. The van der Waals surface area contributed by atoms with E-state index in [2.05, 4.69) is 20.5 Å². The molecular weight excluding hydrogens is 418 g/mol. The molecule has 0 unspecified atom stereocenters. The molecule has 4 rings (SSSR count). The van der Waals surface area contributed by atoms with Crippen LogP contribution in [0.5, 0.6) is 0 Å². The Balaban J connectivity index is 1.39. The molecule has 0 fully saturated rings. The highest BCUT2D eigenvalue weighted by molar-refractivity contribution is 7.99. The van der Waals surface area contributed by atoms with Gasteiger partial charge in [-0.3, -0.25) is 14.9 Å². The third kappa shape index (κ3) is 4.40. The summed E-state index contributed by atoms with van der Waals surface area (Å²) in [6.07, 6.45) is 1.76. The van der Waals surface area contributed by atoms with Crippen molar-refractivity contribution in [2.75, 3.05) is 11.1 Å². The van der Waals surface area contributed by atoms with Crippen LogP contribution in [0, 0.1) is 17.0 Å². The van der Waals surface area contributed by atoms with Gasteiger partial charge in [-0.05, 0) is 25.1 Å². The molecule has 0 aliphatic carbocycles. The van der Waals surface area contributed by atoms with Crippen molar-refractivity contribution in [3.63, 3.8) is 0 Å². The van der Waals surface area contributed by atoms with Gasteiger partial charge in [0.25, 0.3) is 5.69 Å². The van der Waals surface area contributed by atoms with Crippen LogP contribution in [0.4, 0.5) is 11.4 Å². The fraction of sp³-hybridized carbons (Fsp3) is 0.200. The number of aromatic nitrogens is 5. The van der Waals surface area contributed by atoms with Crippen molar-refractivity contribution >= 4 is 40.1 Å². The molecule has 11 heteroatoms. The van der Waals surface area contributed by atoms with Crippen LogP contribution in [0.25, 0.3) is 11.0 Å². The molecule has 4 aromatic rings. The van der Waals surface area contributed by atoms with Crippen molar-refractivity contribution in [3.05, 3.63) is 70.3 Å². The molecule has 0 radical (unpaired) electrons. The Morgan fingerprint density at radius 1 is 1.23 bits per heavy atom. The second-order valence-electron chi connectivity index (χ2n) is 6.91. The van der Waals surface area contributed by atoms with Gasteiger partial charge < -0.3 is 14.5 Å².